The monoisotopic (exact) mass is 412 g/mol. The molecule has 4 rings (SSSR count). The van der Waals surface area contributed by atoms with Crippen LogP contribution in [-0.4, -0.2) is 14.9 Å². The molecule has 0 amide bonds. The van der Waals surface area contributed by atoms with Crippen LogP contribution in [0.3, 0.4) is 0 Å². The Labute approximate surface area is 179 Å². The van der Waals surface area contributed by atoms with Gasteiger partial charge in [-0.2, -0.15) is 0 Å². The lowest BCUT2D eigenvalue weighted by Crippen LogP contribution is -2.26. The summed E-state index contributed by atoms with van der Waals surface area (Å²) in [5, 5.41) is 16.8. The van der Waals surface area contributed by atoms with Gasteiger partial charge in [-0.3, -0.25) is 20.5 Å². The lowest BCUT2D eigenvalue weighted by molar-refractivity contribution is -0.383. The van der Waals surface area contributed by atoms with Crippen LogP contribution in [0.5, 0.6) is 0 Å². The summed E-state index contributed by atoms with van der Waals surface area (Å²) in [4.78, 5) is 19.8. The highest BCUT2D eigenvalue weighted by Crippen LogP contribution is 2.34. The first kappa shape index (κ1) is 19.8. The molecule has 0 saturated heterocycles. The molecule has 0 aliphatic heterocycles. The third-order valence-electron chi connectivity index (χ3n) is 4.65. The molecule has 1 aromatic heterocycles. The summed E-state index contributed by atoms with van der Waals surface area (Å²) in [5.41, 5.74) is 6.14. The molecular weight excluding hydrogens is 392 g/mol. The molecule has 4 aromatic rings. The van der Waals surface area contributed by atoms with Gasteiger partial charge in [-0.1, -0.05) is 54.6 Å². The zero-order valence-corrected chi connectivity index (χ0v) is 16.8. The van der Waals surface area contributed by atoms with Gasteiger partial charge in [-0.05, 0) is 42.8 Å². The van der Waals surface area contributed by atoms with Gasteiger partial charge >= 0.3 is 5.69 Å². The zero-order chi connectivity index (χ0) is 21.6. The molecule has 154 valence electrons. The largest absolute Gasteiger partial charge is 0.355 e. The van der Waals surface area contributed by atoms with E-state index in [-0.39, 0.29) is 17.3 Å². The van der Waals surface area contributed by atoms with E-state index in [1.54, 1.807) is 5.01 Å². The van der Waals surface area contributed by atoms with Crippen molar-refractivity contribution < 1.29 is 4.92 Å². The van der Waals surface area contributed by atoms with Crippen LogP contribution in [0.25, 0.3) is 0 Å². The Bertz CT molecular complexity index is 1150. The maximum atomic E-state index is 12.0. The number of rotatable bonds is 7. The smallest absolute Gasteiger partial charge is 0.334 e. The summed E-state index contributed by atoms with van der Waals surface area (Å²) in [6, 6.07) is 26.5. The van der Waals surface area contributed by atoms with Crippen molar-refractivity contribution in [3.63, 3.8) is 0 Å². The highest BCUT2D eigenvalue weighted by molar-refractivity contribution is 5.77. The van der Waals surface area contributed by atoms with Crippen molar-refractivity contribution in [1.82, 2.24) is 9.97 Å². The molecule has 0 fully saturated rings. The fraction of sp³-hybridized carbons (Fsp3) is 0.0435. The Morgan fingerprint density at radius 2 is 1.35 bits per heavy atom. The van der Waals surface area contributed by atoms with Gasteiger partial charge in [-0.15, -0.1) is 0 Å². The molecule has 8 nitrogen and oxygen atoms in total. The molecule has 0 unspecified atom stereocenters. The molecule has 0 atom stereocenters. The molecular formula is C23H20N6O2. The topological polar surface area (TPSA) is 96.2 Å². The van der Waals surface area contributed by atoms with E-state index >= 15 is 0 Å². The normalized spacial score (nSPS) is 10.4. The number of aryl methyl sites for hydroxylation is 1. The molecule has 0 aliphatic rings. The van der Waals surface area contributed by atoms with Crippen LogP contribution >= 0.6 is 0 Å². The van der Waals surface area contributed by atoms with Crippen molar-refractivity contribution in [2.75, 3.05) is 15.8 Å². The summed E-state index contributed by atoms with van der Waals surface area (Å²) >= 11 is 0. The maximum absolute atomic E-state index is 12.0. The molecule has 2 N–H and O–H groups in total. The van der Waals surface area contributed by atoms with Gasteiger partial charge < -0.3 is 5.32 Å². The maximum Gasteiger partial charge on any atom is 0.355 e. The predicted molar refractivity (Wildman–Crippen MR) is 122 cm³/mol. The number of nitrogens with zero attached hydrogens (tertiary/aromatic N) is 4. The van der Waals surface area contributed by atoms with Gasteiger partial charge in [-0.25, -0.2) is 9.97 Å². The Morgan fingerprint density at radius 3 is 1.94 bits per heavy atom. The number of nitro groups is 1. The van der Waals surface area contributed by atoms with Crippen molar-refractivity contribution in [1.29, 1.82) is 0 Å². The minimum atomic E-state index is -0.489. The van der Waals surface area contributed by atoms with Gasteiger partial charge in [0.15, 0.2) is 0 Å². The second-order valence-electron chi connectivity index (χ2n) is 6.73. The molecule has 0 aliphatic carbocycles. The number of para-hydroxylation sites is 3. The second-order valence-corrected chi connectivity index (χ2v) is 6.73. The minimum absolute atomic E-state index is 0.0730. The Hall–Kier alpha value is -4.46. The summed E-state index contributed by atoms with van der Waals surface area (Å²) in [6.07, 6.45) is 1.30. The molecule has 0 bridgehead atoms. The molecule has 0 spiro atoms. The van der Waals surface area contributed by atoms with Gasteiger partial charge in [0.1, 0.15) is 6.33 Å². The standard InChI is InChI=1S/C23H20N6O2/c1-17-10-8-9-15-20(17)26-22-21(29(30)31)23(25-16-24-22)27-28(18-11-4-2-5-12-18)19-13-6-3-7-14-19/h2-16H,1H3,(H2,24,25,26,27). The van der Waals surface area contributed by atoms with Gasteiger partial charge in [0.2, 0.25) is 11.6 Å². The predicted octanol–water partition coefficient (Wildman–Crippen LogP) is 5.60. The number of hydrogen-bond donors (Lipinski definition) is 2. The van der Waals surface area contributed by atoms with Gasteiger partial charge in [0, 0.05) is 5.69 Å². The van der Waals surface area contributed by atoms with Crippen LogP contribution in [0.1, 0.15) is 5.56 Å². The van der Waals surface area contributed by atoms with E-state index in [1.807, 2.05) is 91.9 Å². The highest BCUT2D eigenvalue weighted by atomic mass is 16.6. The van der Waals surface area contributed by atoms with Crippen LogP contribution in [0.15, 0.2) is 91.3 Å². The molecule has 1 heterocycles. The van der Waals surface area contributed by atoms with E-state index in [1.165, 1.54) is 6.33 Å². The SMILES string of the molecule is Cc1ccccc1Nc1ncnc(NN(c2ccccc2)c2ccccc2)c1[N+](=O)[O-]. The molecule has 0 saturated carbocycles. The Kier molecular flexibility index (Phi) is 5.70. The summed E-state index contributed by atoms with van der Waals surface area (Å²) in [5.74, 6) is 0.182. The zero-order valence-electron chi connectivity index (χ0n) is 16.8. The van der Waals surface area contributed by atoms with Crippen molar-refractivity contribution in [3.05, 3.63) is 107 Å². The number of hydrogen-bond acceptors (Lipinski definition) is 7. The van der Waals surface area contributed by atoms with Gasteiger partial charge in [0.05, 0.1) is 16.3 Å². The number of benzene rings is 3. The lowest BCUT2D eigenvalue weighted by atomic mass is 10.2. The summed E-state index contributed by atoms with van der Waals surface area (Å²) in [6.45, 7) is 1.92. The van der Waals surface area contributed by atoms with Crippen LogP contribution < -0.4 is 15.8 Å². The average Bonchev–Trinajstić information content (AvgIpc) is 2.80. The molecule has 3 aromatic carbocycles. The van der Waals surface area contributed by atoms with E-state index in [9.17, 15) is 10.1 Å². The van der Waals surface area contributed by atoms with Crippen molar-refractivity contribution in [3.8, 4) is 0 Å². The first-order valence-corrected chi connectivity index (χ1v) is 9.62. The van der Waals surface area contributed by atoms with E-state index < -0.39 is 4.92 Å². The first-order valence-electron chi connectivity index (χ1n) is 9.62. The van der Waals surface area contributed by atoms with E-state index in [0.717, 1.165) is 22.6 Å². The van der Waals surface area contributed by atoms with Crippen LogP contribution in [0.2, 0.25) is 0 Å². The number of nitrogens with one attached hydrogen (secondary N) is 2. The Morgan fingerprint density at radius 1 is 0.806 bits per heavy atom. The van der Waals surface area contributed by atoms with Crippen molar-refractivity contribution in [2.45, 2.75) is 6.92 Å². The number of hydrazine groups is 1. The first-order chi connectivity index (χ1) is 15.1. The quantitative estimate of drug-likeness (QED) is 0.301. The van der Waals surface area contributed by atoms with Crippen LogP contribution in [0.4, 0.5) is 34.4 Å². The Balaban J connectivity index is 1.76. The number of anilines is 5. The molecule has 8 heteroatoms. The fourth-order valence-electron chi connectivity index (χ4n) is 3.10. The van der Waals surface area contributed by atoms with Crippen molar-refractivity contribution in [2.24, 2.45) is 0 Å². The average molecular weight is 412 g/mol. The van der Waals surface area contributed by atoms with Crippen LogP contribution in [-0.2, 0) is 0 Å². The van der Waals surface area contributed by atoms with E-state index in [2.05, 4.69) is 20.7 Å². The third kappa shape index (κ3) is 4.43. The minimum Gasteiger partial charge on any atom is -0.334 e. The third-order valence-corrected chi connectivity index (χ3v) is 4.65. The lowest BCUT2D eigenvalue weighted by Gasteiger charge is -2.26. The highest BCUT2D eigenvalue weighted by Gasteiger charge is 2.25. The van der Waals surface area contributed by atoms with Crippen molar-refractivity contribution >= 4 is 34.4 Å². The fourth-order valence-corrected chi connectivity index (χ4v) is 3.10. The van der Waals surface area contributed by atoms with E-state index in [4.69, 9.17) is 0 Å². The van der Waals surface area contributed by atoms with E-state index in [0.29, 0.717) is 0 Å². The van der Waals surface area contributed by atoms with Gasteiger partial charge in [0.25, 0.3) is 0 Å². The molecule has 0 radical (unpaired) electrons. The van der Waals surface area contributed by atoms with Crippen LogP contribution in [0, 0.1) is 17.0 Å². The summed E-state index contributed by atoms with van der Waals surface area (Å²) < 4.78 is 0. The summed E-state index contributed by atoms with van der Waals surface area (Å²) in [7, 11) is 0. The molecule has 31 heavy (non-hydrogen) atoms. The number of aromatic nitrogens is 2. The second kappa shape index (κ2) is 8.91.